The standard InChI is InChI=1S/C7H5/c1-3-5-7-6-4-2/h1,5H,2H3/q-1. The Morgan fingerprint density at radius 3 is 2.86 bits per heavy atom. The zero-order valence-electron chi connectivity index (χ0n) is 4.15. The summed E-state index contributed by atoms with van der Waals surface area (Å²) >= 11 is 0. The van der Waals surface area contributed by atoms with Gasteiger partial charge in [0.05, 0.1) is 0 Å². The van der Waals surface area contributed by atoms with Crippen molar-refractivity contribution >= 4 is 0 Å². The fourth-order valence-electron chi connectivity index (χ4n) is 0.150. The van der Waals surface area contributed by atoms with Crippen LogP contribution in [-0.2, 0) is 0 Å². The zero-order valence-corrected chi connectivity index (χ0v) is 4.15. The summed E-state index contributed by atoms with van der Waals surface area (Å²) in [6, 6.07) is 0. The molecule has 0 aromatic rings. The highest BCUT2D eigenvalue weighted by Gasteiger charge is 1.36. The largest absolute Gasteiger partial charge is 0.253 e. The molecule has 0 N–H and O–H groups in total. The fourth-order valence-corrected chi connectivity index (χ4v) is 0.150. The van der Waals surface area contributed by atoms with Crippen molar-refractivity contribution in [2.75, 3.05) is 0 Å². The topological polar surface area (TPSA) is 0 Å². The van der Waals surface area contributed by atoms with Gasteiger partial charge in [-0.2, -0.15) is 6.42 Å². The number of allylic oxidation sites excluding steroid dienone is 2. The second-order valence-corrected chi connectivity index (χ2v) is 0.830. The third-order valence-corrected chi connectivity index (χ3v) is 0.353. The number of hydrogen-bond acceptors (Lipinski definition) is 0. The highest BCUT2D eigenvalue weighted by Crippen LogP contribution is 1.60. The number of terminal acetylenes is 1. The van der Waals surface area contributed by atoms with Crippen LogP contribution in [0.15, 0.2) is 6.08 Å². The number of hydrogen-bond donors (Lipinski definition) is 0. The highest BCUT2D eigenvalue weighted by molar-refractivity contribution is 5.16. The molecule has 0 saturated carbocycles. The van der Waals surface area contributed by atoms with Crippen LogP contribution in [-0.4, -0.2) is 0 Å². The summed E-state index contributed by atoms with van der Waals surface area (Å²) in [7, 11) is 0. The number of rotatable bonds is 0. The molecule has 0 bridgehead atoms. The molecule has 0 radical (unpaired) electrons. The van der Waals surface area contributed by atoms with Gasteiger partial charge in [-0.25, -0.2) is 11.8 Å². The van der Waals surface area contributed by atoms with Gasteiger partial charge in [0.15, 0.2) is 0 Å². The quantitative estimate of drug-likeness (QED) is 0.307. The lowest BCUT2D eigenvalue weighted by Crippen LogP contribution is -1.46. The first-order valence-electron chi connectivity index (χ1n) is 1.87. The van der Waals surface area contributed by atoms with E-state index < -0.39 is 0 Å². The molecule has 0 aromatic carbocycles. The van der Waals surface area contributed by atoms with Crippen molar-refractivity contribution in [2.45, 2.75) is 6.92 Å². The molecule has 0 rings (SSSR count). The molecule has 0 unspecified atom stereocenters. The van der Waals surface area contributed by atoms with Crippen LogP contribution in [0.25, 0.3) is 0 Å². The van der Waals surface area contributed by atoms with Gasteiger partial charge in [0.1, 0.15) is 0 Å². The van der Waals surface area contributed by atoms with Gasteiger partial charge in [0, 0.05) is 0 Å². The van der Waals surface area contributed by atoms with Gasteiger partial charge in [-0.1, -0.05) is 6.92 Å². The van der Waals surface area contributed by atoms with Gasteiger partial charge < -0.3 is 0 Å². The van der Waals surface area contributed by atoms with Gasteiger partial charge in [-0.3, -0.25) is 5.92 Å². The van der Waals surface area contributed by atoms with Gasteiger partial charge in [0.2, 0.25) is 0 Å². The van der Waals surface area contributed by atoms with Gasteiger partial charge in [0.25, 0.3) is 0 Å². The van der Waals surface area contributed by atoms with Gasteiger partial charge in [-0.05, 0) is 0 Å². The molecule has 0 heterocycles. The molecule has 0 atom stereocenters. The molecule has 7 heavy (non-hydrogen) atoms. The van der Waals surface area contributed by atoms with E-state index in [1.165, 1.54) is 6.08 Å². The van der Waals surface area contributed by atoms with Gasteiger partial charge >= 0.3 is 0 Å². The van der Waals surface area contributed by atoms with Crippen molar-refractivity contribution in [3.63, 3.8) is 0 Å². The van der Waals surface area contributed by atoms with Crippen LogP contribution in [0.4, 0.5) is 0 Å². The van der Waals surface area contributed by atoms with Crippen molar-refractivity contribution in [2.24, 2.45) is 0 Å². The maximum absolute atomic E-state index is 4.83. The molecule has 0 aliphatic rings. The summed E-state index contributed by atoms with van der Waals surface area (Å²) in [5.74, 6) is 7.43. The van der Waals surface area contributed by atoms with Crippen molar-refractivity contribution < 1.29 is 0 Å². The molecule has 0 saturated heterocycles. The summed E-state index contributed by atoms with van der Waals surface area (Å²) in [5, 5.41) is 0. The second-order valence-electron chi connectivity index (χ2n) is 0.830. The molecule has 0 fully saturated rings. The SMILES string of the molecule is C#CC=[C-]C#CC. The second kappa shape index (κ2) is 4.86. The van der Waals surface area contributed by atoms with Crippen LogP contribution in [0.1, 0.15) is 6.92 Å². The van der Waals surface area contributed by atoms with E-state index in [0.717, 1.165) is 0 Å². The Morgan fingerprint density at radius 1 is 1.71 bits per heavy atom. The Labute approximate surface area is 44.2 Å². The first-order valence-corrected chi connectivity index (χ1v) is 1.87. The minimum atomic E-state index is 1.44. The molecule has 0 amide bonds. The highest BCUT2D eigenvalue weighted by atomic mass is 13.5. The molecular formula is C7H5-. The summed E-state index contributed by atoms with van der Waals surface area (Å²) in [5.41, 5.74) is 0. The molecular weight excluding hydrogens is 84.1 g/mol. The predicted molar refractivity (Wildman–Crippen MR) is 30.1 cm³/mol. The Hall–Kier alpha value is -1.14. The minimum absolute atomic E-state index is 1.44. The average molecular weight is 89.1 g/mol. The molecule has 0 spiro atoms. The van der Waals surface area contributed by atoms with Crippen LogP contribution in [0.3, 0.4) is 0 Å². The Morgan fingerprint density at radius 2 is 2.43 bits per heavy atom. The maximum Gasteiger partial charge on any atom is -0.0604 e. The van der Waals surface area contributed by atoms with E-state index in [4.69, 9.17) is 6.42 Å². The molecule has 34 valence electrons. The van der Waals surface area contributed by atoms with E-state index >= 15 is 0 Å². The van der Waals surface area contributed by atoms with Crippen molar-refractivity contribution in [3.05, 3.63) is 12.2 Å². The average Bonchev–Trinajstić information content (AvgIpc) is 1.69. The molecule has 0 aromatic heterocycles. The van der Waals surface area contributed by atoms with E-state index in [1.54, 1.807) is 6.92 Å². The summed E-state index contributed by atoms with van der Waals surface area (Å²) < 4.78 is 0. The first kappa shape index (κ1) is 5.86. The van der Waals surface area contributed by atoms with E-state index in [1.807, 2.05) is 0 Å². The normalized spacial score (nSPS) is 6.86. The fraction of sp³-hybridized carbons (Fsp3) is 0.143. The van der Waals surface area contributed by atoms with E-state index in [2.05, 4.69) is 23.8 Å². The lowest BCUT2D eigenvalue weighted by atomic mass is 10.5. The summed E-state index contributed by atoms with van der Waals surface area (Å²) in [6.07, 6.45) is 8.84. The lowest BCUT2D eigenvalue weighted by molar-refractivity contribution is 1.89. The Balaban J connectivity index is 3.47. The lowest BCUT2D eigenvalue weighted by Gasteiger charge is -1.70. The van der Waals surface area contributed by atoms with E-state index in [-0.39, 0.29) is 0 Å². The smallest absolute Gasteiger partial charge is 0.0604 e. The van der Waals surface area contributed by atoms with Crippen LogP contribution < -0.4 is 0 Å². The summed E-state index contributed by atoms with van der Waals surface area (Å²) in [6.45, 7) is 1.73. The van der Waals surface area contributed by atoms with Crippen molar-refractivity contribution in [1.29, 1.82) is 0 Å². The third kappa shape index (κ3) is 4.86. The maximum atomic E-state index is 4.83. The van der Waals surface area contributed by atoms with Crippen LogP contribution in [0, 0.1) is 30.3 Å². The third-order valence-electron chi connectivity index (χ3n) is 0.353. The van der Waals surface area contributed by atoms with Crippen LogP contribution >= 0.6 is 0 Å². The zero-order chi connectivity index (χ0) is 5.54. The van der Waals surface area contributed by atoms with E-state index in [9.17, 15) is 0 Å². The van der Waals surface area contributed by atoms with Crippen molar-refractivity contribution in [1.82, 2.24) is 0 Å². The molecule has 0 nitrogen and oxygen atoms in total. The Kier molecular flexibility index (Phi) is 4.07. The molecule has 0 heteroatoms. The molecule has 0 aliphatic carbocycles. The minimum Gasteiger partial charge on any atom is -0.253 e. The first-order chi connectivity index (χ1) is 3.41. The predicted octanol–water partition coefficient (Wildman–Crippen LogP) is 1.00. The van der Waals surface area contributed by atoms with Crippen molar-refractivity contribution in [3.8, 4) is 24.2 Å². The summed E-state index contributed by atoms with van der Waals surface area (Å²) in [4.78, 5) is 0. The Bertz CT molecular complexity index is 145. The van der Waals surface area contributed by atoms with Crippen LogP contribution in [0.5, 0.6) is 0 Å². The van der Waals surface area contributed by atoms with Gasteiger partial charge in [-0.15, -0.1) is 12.2 Å². The monoisotopic (exact) mass is 89.0 g/mol. The van der Waals surface area contributed by atoms with Crippen LogP contribution in [0.2, 0.25) is 0 Å². The molecule has 0 aliphatic heterocycles. The van der Waals surface area contributed by atoms with E-state index in [0.29, 0.717) is 0 Å².